The first kappa shape index (κ1) is 13.7. The molecule has 0 atom stereocenters. The van der Waals surface area contributed by atoms with Crippen molar-refractivity contribution in [3.63, 3.8) is 0 Å². The van der Waals surface area contributed by atoms with Crippen LogP contribution in [0, 0.1) is 5.92 Å². The Morgan fingerprint density at radius 1 is 1.33 bits per heavy atom. The van der Waals surface area contributed by atoms with Crippen LogP contribution in [0.15, 0.2) is 30.5 Å². The molecule has 3 rings (SSSR count). The highest BCUT2D eigenvalue weighted by Crippen LogP contribution is 2.18. The number of nitrogens with one attached hydrogen (secondary N) is 2. The van der Waals surface area contributed by atoms with Crippen molar-refractivity contribution >= 4 is 22.7 Å². The van der Waals surface area contributed by atoms with Crippen LogP contribution in [0.3, 0.4) is 0 Å². The maximum absolute atomic E-state index is 11.9. The predicted octanol–water partition coefficient (Wildman–Crippen LogP) is 1.30. The summed E-state index contributed by atoms with van der Waals surface area (Å²) in [7, 11) is 0. The number of H-pyrrole nitrogens is 1. The van der Waals surface area contributed by atoms with Crippen molar-refractivity contribution in [1.29, 1.82) is 0 Å². The number of hydrogen-bond donors (Lipinski definition) is 2. The number of hydrogen-bond acceptors (Lipinski definition) is 2. The molecule has 1 aromatic heterocycles. The summed E-state index contributed by atoms with van der Waals surface area (Å²) in [6, 6.07) is 8.15. The van der Waals surface area contributed by atoms with Crippen LogP contribution < -0.4 is 5.32 Å². The topological polar surface area (TPSA) is 65.2 Å². The lowest BCUT2D eigenvalue weighted by molar-refractivity contribution is -0.141. The van der Waals surface area contributed by atoms with Crippen LogP contribution in [-0.2, 0) is 16.0 Å². The van der Waals surface area contributed by atoms with Gasteiger partial charge in [0.2, 0.25) is 11.8 Å². The van der Waals surface area contributed by atoms with E-state index >= 15 is 0 Å². The quantitative estimate of drug-likeness (QED) is 0.889. The van der Waals surface area contributed by atoms with E-state index in [1.165, 1.54) is 17.9 Å². The van der Waals surface area contributed by atoms with E-state index in [1.54, 1.807) is 4.90 Å². The third-order valence-corrected chi connectivity index (χ3v) is 4.07. The van der Waals surface area contributed by atoms with Crippen molar-refractivity contribution in [1.82, 2.24) is 15.2 Å². The molecule has 1 aliphatic rings. The zero-order chi connectivity index (χ0) is 14.8. The second-order valence-corrected chi connectivity index (χ2v) is 5.52. The molecule has 2 heterocycles. The average Bonchev–Trinajstić information content (AvgIpc) is 2.80. The highest BCUT2D eigenvalue weighted by atomic mass is 16.2. The molecule has 1 aliphatic heterocycles. The number of aromatic nitrogens is 1. The standard InChI is InChI=1S/C16H19N3O2/c1-11(20)19-9-13(10-19)16(21)17-7-6-12-8-18-15-5-3-2-4-14(12)15/h2-5,8,13,18H,6-7,9-10H2,1H3,(H,17,21). The fourth-order valence-electron chi connectivity index (χ4n) is 2.70. The van der Waals surface area contributed by atoms with E-state index in [0.717, 1.165) is 11.9 Å². The Kier molecular flexibility index (Phi) is 3.64. The van der Waals surface area contributed by atoms with Gasteiger partial charge in [-0.1, -0.05) is 18.2 Å². The summed E-state index contributed by atoms with van der Waals surface area (Å²) in [5, 5.41) is 4.16. The van der Waals surface area contributed by atoms with Crippen molar-refractivity contribution in [2.75, 3.05) is 19.6 Å². The highest BCUT2D eigenvalue weighted by molar-refractivity contribution is 5.84. The summed E-state index contributed by atoms with van der Waals surface area (Å²) in [5.41, 5.74) is 2.33. The number of likely N-dealkylation sites (tertiary alicyclic amines) is 1. The minimum atomic E-state index is -0.0446. The second kappa shape index (κ2) is 5.60. The van der Waals surface area contributed by atoms with Crippen molar-refractivity contribution in [2.45, 2.75) is 13.3 Å². The molecule has 1 fully saturated rings. The summed E-state index contributed by atoms with van der Waals surface area (Å²) in [4.78, 5) is 27.9. The zero-order valence-corrected chi connectivity index (χ0v) is 12.1. The van der Waals surface area contributed by atoms with Crippen molar-refractivity contribution in [3.8, 4) is 0 Å². The molecular formula is C16H19N3O2. The first-order valence-corrected chi connectivity index (χ1v) is 7.23. The first-order chi connectivity index (χ1) is 10.1. The SMILES string of the molecule is CC(=O)N1CC(C(=O)NCCc2c[nH]c3ccccc23)C1. The van der Waals surface area contributed by atoms with Gasteiger partial charge >= 0.3 is 0 Å². The molecule has 0 aliphatic carbocycles. The fourth-order valence-corrected chi connectivity index (χ4v) is 2.70. The molecule has 0 radical (unpaired) electrons. The number of carbonyl (C=O) groups excluding carboxylic acids is 2. The van der Waals surface area contributed by atoms with Gasteiger partial charge in [0.25, 0.3) is 0 Å². The van der Waals surface area contributed by atoms with Gasteiger partial charge in [-0.15, -0.1) is 0 Å². The maximum Gasteiger partial charge on any atom is 0.226 e. The van der Waals surface area contributed by atoms with E-state index in [2.05, 4.69) is 16.4 Å². The Morgan fingerprint density at radius 3 is 2.86 bits per heavy atom. The molecule has 2 amide bonds. The van der Waals surface area contributed by atoms with Crippen molar-refractivity contribution in [2.24, 2.45) is 5.92 Å². The molecule has 110 valence electrons. The van der Waals surface area contributed by atoms with Gasteiger partial charge in [0.1, 0.15) is 0 Å². The number of amides is 2. The van der Waals surface area contributed by atoms with Gasteiger partial charge in [-0.2, -0.15) is 0 Å². The van der Waals surface area contributed by atoms with Crippen LogP contribution >= 0.6 is 0 Å². The van der Waals surface area contributed by atoms with Crippen molar-refractivity contribution < 1.29 is 9.59 Å². The molecule has 0 unspecified atom stereocenters. The molecule has 5 heteroatoms. The molecule has 1 saturated heterocycles. The number of rotatable bonds is 4. The average molecular weight is 285 g/mol. The summed E-state index contributed by atoms with van der Waals surface area (Å²) >= 11 is 0. The fraction of sp³-hybridized carbons (Fsp3) is 0.375. The van der Waals surface area contributed by atoms with Gasteiger partial charge in [0, 0.05) is 43.7 Å². The Labute approximate surface area is 123 Å². The summed E-state index contributed by atoms with van der Waals surface area (Å²) in [6.45, 7) is 3.25. The highest BCUT2D eigenvalue weighted by Gasteiger charge is 2.33. The molecule has 2 N–H and O–H groups in total. The molecule has 2 aromatic rings. The van der Waals surface area contributed by atoms with Gasteiger partial charge in [-0.25, -0.2) is 0 Å². The lowest BCUT2D eigenvalue weighted by Gasteiger charge is -2.37. The summed E-state index contributed by atoms with van der Waals surface area (Å²) < 4.78 is 0. The minimum absolute atomic E-state index is 0.0397. The van der Waals surface area contributed by atoms with Gasteiger partial charge in [-0.3, -0.25) is 9.59 Å². The smallest absolute Gasteiger partial charge is 0.226 e. The Balaban J connectivity index is 1.48. The summed E-state index contributed by atoms with van der Waals surface area (Å²) in [5.74, 6) is 0.0436. The largest absolute Gasteiger partial charge is 0.361 e. The van der Waals surface area contributed by atoms with E-state index in [9.17, 15) is 9.59 Å². The molecule has 21 heavy (non-hydrogen) atoms. The Morgan fingerprint density at radius 2 is 2.10 bits per heavy atom. The van der Waals surface area contributed by atoms with E-state index in [0.29, 0.717) is 19.6 Å². The van der Waals surface area contributed by atoms with Gasteiger partial charge in [0.15, 0.2) is 0 Å². The van der Waals surface area contributed by atoms with Crippen LogP contribution in [-0.4, -0.2) is 41.3 Å². The van der Waals surface area contributed by atoms with Gasteiger partial charge in [-0.05, 0) is 18.1 Å². The number of para-hydroxylation sites is 1. The van der Waals surface area contributed by atoms with Crippen LogP contribution in [0.4, 0.5) is 0 Å². The molecule has 5 nitrogen and oxygen atoms in total. The Hall–Kier alpha value is -2.30. The Bertz CT molecular complexity index is 671. The molecule has 0 saturated carbocycles. The molecule has 0 spiro atoms. The number of nitrogens with zero attached hydrogens (tertiary/aromatic N) is 1. The molecule has 1 aromatic carbocycles. The molecular weight excluding hydrogens is 266 g/mol. The second-order valence-electron chi connectivity index (χ2n) is 5.52. The van der Waals surface area contributed by atoms with Crippen LogP contribution in [0.2, 0.25) is 0 Å². The monoisotopic (exact) mass is 285 g/mol. The lowest BCUT2D eigenvalue weighted by atomic mass is 9.99. The zero-order valence-electron chi connectivity index (χ0n) is 12.1. The van der Waals surface area contributed by atoms with Gasteiger partial charge in [0.05, 0.1) is 5.92 Å². The first-order valence-electron chi connectivity index (χ1n) is 7.23. The van der Waals surface area contributed by atoms with Crippen molar-refractivity contribution in [3.05, 3.63) is 36.0 Å². The number of benzene rings is 1. The lowest BCUT2D eigenvalue weighted by Crippen LogP contribution is -2.55. The third-order valence-electron chi connectivity index (χ3n) is 4.07. The summed E-state index contributed by atoms with van der Waals surface area (Å²) in [6.07, 6.45) is 2.80. The van der Waals surface area contributed by atoms with Crippen LogP contribution in [0.1, 0.15) is 12.5 Å². The number of carbonyl (C=O) groups is 2. The maximum atomic E-state index is 11.9. The van der Waals surface area contributed by atoms with Crippen LogP contribution in [0.5, 0.6) is 0 Å². The molecule has 0 bridgehead atoms. The minimum Gasteiger partial charge on any atom is -0.361 e. The predicted molar refractivity (Wildman–Crippen MR) is 80.8 cm³/mol. The third kappa shape index (κ3) is 2.77. The number of aromatic amines is 1. The van der Waals surface area contributed by atoms with Gasteiger partial charge < -0.3 is 15.2 Å². The number of fused-ring (bicyclic) bond motifs is 1. The van der Waals surface area contributed by atoms with E-state index in [4.69, 9.17) is 0 Å². The van der Waals surface area contributed by atoms with E-state index in [1.807, 2.05) is 24.4 Å². The van der Waals surface area contributed by atoms with E-state index in [-0.39, 0.29) is 17.7 Å². The van der Waals surface area contributed by atoms with E-state index < -0.39 is 0 Å². The normalized spacial score (nSPS) is 15.0. The van der Waals surface area contributed by atoms with Crippen LogP contribution in [0.25, 0.3) is 10.9 Å².